The van der Waals surface area contributed by atoms with Gasteiger partial charge in [-0.05, 0) is 41.3 Å². The lowest BCUT2D eigenvalue weighted by atomic mass is 10.5. The molecule has 68 valence electrons. The van der Waals surface area contributed by atoms with Gasteiger partial charge in [-0.1, -0.05) is 0 Å². The van der Waals surface area contributed by atoms with Crippen LogP contribution in [0.1, 0.15) is 0 Å². The molecular weight excluding hydrogens is 138 g/mol. The summed E-state index contributed by atoms with van der Waals surface area (Å²) in [4.78, 5) is 4.30. The molecule has 0 rings (SSSR count). The van der Waals surface area contributed by atoms with Crippen LogP contribution in [0.25, 0.3) is 5.32 Å². The van der Waals surface area contributed by atoms with E-state index < -0.39 is 0 Å². The average molecular weight is 158 g/mol. The van der Waals surface area contributed by atoms with Gasteiger partial charge in [0.05, 0.1) is 0 Å². The Bertz CT molecular complexity index is 71.4. The molecule has 0 aliphatic heterocycles. The first-order valence-electron chi connectivity index (χ1n) is 4.05. The maximum atomic E-state index is 4.37. The van der Waals surface area contributed by atoms with Crippen LogP contribution in [0.2, 0.25) is 0 Å². The zero-order chi connectivity index (χ0) is 8.69. The Labute approximate surface area is 70.4 Å². The third kappa shape index (κ3) is 9.88. The van der Waals surface area contributed by atoms with E-state index in [2.05, 4.69) is 43.3 Å². The minimum atomic E-state index is 0.959. The van der Waals surface area contributed by atoms with Gasteiger partial charge in [0, 0.05) is 0 Å². The quantitative estimate of drug-likeness (QED) is 0.524. The van der Waals surface area contributed by atoms with Gasteiger partial charge in [0.2, 0.25) is 0 Å². The zero-order valence-corrected chi connectivity index (χ0v) is 8.17. The van der Waals surface area contributed by atoms with Gasteiger partial charge in [0.15, 0.2) is 0 Å². The van der Waals surface area contributed by atoms with Crippen molar-refractivity contribution in [2.75, 3.05) is 54.4 Å². The molecule has 0 aliphatic rings. The molecule has 3 nitrogen and oxygen atoms in total. The summed E-state index contributed by atoms with van der Waals surface area (Å²) in [5, 5.41) is 4.37. The summed E-state index contributed by atoms with van der Waals surface area (Å²) in [6.45, 7) is 4.04. The third-order valence-electron chi connectivity index (χ3n) is 1.41. The Morgan fingerprint density at radius 1 is 0.818 bits per heavy atom. The lowest BCUT2D eigenvalue weighted by molar-refractivity contribution is 0.412. The van der Waals surface area contributed by atoms with E-state index in [9.17, 15) is 0 Å². The van der Waals surface area contributed by atoms with E-state index in [1.165, 1.54) is 0 Å². The summed E-state index contributed by atoms with van der Waals surface area (Å²) in [6.07, 6.45) is 0. The molecule has 0 aromatic heterocycles. The number of nitrogens with zero attached hydrogens (tertiary/aromatic N) is 3. The fourth-order valence-corrected chi connectivity index (χ4v) is 0.653. The van der Waals surface area contributed by atoms with Gasteiger partial charge in [-0.15, -0.1) is 13.1 Å². The second kappa shape index (κ2) is 6.58. The van der Waals surface area contributed by atoms with Crippen molar-refractivity contribution in [1.29, 1.82) is 0 Å². The van der Waals surface area contributed by atoms with Gasteiger partial charge in [0.1, 0.15) is 0 Å². The van der Waals surface area contributed by atoms with Crippen molar-refractivity contribution in [3.8, 4) is 0 Å². The molecule has 0 saturated heterocycles. The van der Waals surface area contributed by atoms with E-state index in [0.29, 0.717) is 0 Å². The van der Waals surface area contributed by atoms with Gasteiger partial charge in [0.25, 0.3) is 0 Å². The van der Waals surface area contributed by atoms with Gasteiger partial charge < -0.3 is 15.1 Å². The van der Waals surface area contributed by atoms with Crippen LogP contribution in [-0.2, 0) is 0 Å². The van der Waals surface area contributed by atoms with Crippen LogP contribution in [0.5, 0.6) is 0 Å². The molecule has 0 aromatic rings. The minimum Gasteiger partial charge on any atom is -0.660 e. The van der Waals surface area contributed by atoms with Crippen molar-refractivity contribution in [1.82, 2.24) is 9.80 Å². The Balaban J connectivity index is 2.91. The predicted molar refractivity (Wildman–Crippen MR) is 50.2 cm³/mol. The first-order valence-corrected chi connectivity index (χ1v) is 4.05. The highest BCUT2D eigenvalue weighted by molar-refractivity contribution is 4.80. The van der Waals surface area contributed by atoms with Crippen LogP contribution in [0, 0.1) is 0 Å². The van der Waals surface area contributed by atoms with Crippen molar-refractivity contribution in [3.05, 3.63) is 5.32 Å². The van der Waals surface area contributed by atoms with Crippen molar-refractivity contribution in [3.63, 3.8) is 0 Å². The van der Waals surface area contributed by atoms with E-state index in [0.717, 1.165) is 26.2 Å². The largest absolute Gasteiger partial charge is 0.660 e. The molecule has 0 heterocycles. The summed E-state index contributed by atoms with van der Waals surface area (Å²) < 4.78 is 0. The molecule has 0 radical (unpaired) electrons. The second-order valence-corrected chi connectivity index (χ2v) is 3.28. The first-order chi connectivity index (χ1) is 5.13. The Morgan fingerprint density at radius 3 is 1.45 bits per heavy atom. The Hall–Kier alpha value is -0.120. The first kappa shape index (κ1) is 10.9. The average Bonchev–Trinajstić information content (AvgIpc) is 1.85. The molecule has 0 unspecified atom stereocenters. The highest BCUT2D eigenvalue weighted by Gasteiger charge is 1.82. The topological polar surface area (TPSA) is 20.6 Å². The van der Waals surface area contributed by atoms with Crippen molar-refractivity contribution in [2.24, 2.45) is 0 Å². The van der Waals surface area contributed by atoms with E-state index in [4.69, 9.17) is 0 Å². The number of hydrogen-bond donors (Lipinski definition) is 0. The summed E-state index contributed by atoms with van der Waals surface area (Å²) in [5.41, 5.74) is 0. The predicted octanol–water partition coefficient (Wildman–Crippen LogP) is 0.483. The van der Waals surface area contributed by atoms with Gasteiger partial charge >= 0.3 is 0 Å². The minimum absolute atomic E-state index is 0.959. The molecule has 0 amide bonds. The molecule has 0 spiro atoms. The van der Waals surface area contributed by atoms with Crippen molar-refractivity contribution >= 4 is 0 Å². The molecule has 0 aromatic carbocycles. The van der Waals surface area contributed by atoms with E-state index in [-0.39, 0.29) is 0 Å². The zero-order valence-electron chi connectivity index (χ0n) is 8.17. The molecule has 3 heteroatoms. The van der Waals surface area contributed by atoms with Crippen LogP contribution >= 0.6 is 0 Å². The van der Waals surface area contributed by atoms with Gasteiger partial charge in [-0.25, -0.2) is 0 Å². The monoisotopic (exact) mass is 158 g/mol. The van der Waals surface area contributed by atoms with E-state index in [1.807, 2.05) is 0 Å². The van der Waals surface area contributed by atoms with E-state index >= 15 is 0 Å². The van der Waals surface area contributed by atoms with Crippen LogP contribution in [-0.4, -0.2) is 64.2 Å². The molecule has 11 heavy (non-hydrogen) atoms. The van der Waals surface area contributed by atoms with Crippen LogP contribution in [0.4, 0.5) is 0 Å². The van der Waals surface area contributed by atoms with E-state index in [1.54, 1.807) is 0 Å². The standard InChI is InChI=1S/C8H20N3/c1-10(2)7-5-9-6-8-11(3)4/h5-8H2,1-4H3/q-1. The van der Waals surface area contributed by atoms with Crippen LogP contribution in [0.3, 0.4) is 0 Å². The molecule has 0 bridgehead atoms. The highest BCUT2D eigenvalue weighted by atomic mass is 15.1. The molecule has 0 aliphatic carbocycles. The van der Waals surface area contributed by atoms with Crippen molar-refractivity contribution in [2.45, 2.75) is 0 Å². The molecule has 0 N–H and O–H groups in total. The molecule has 0 atom stereocenters. The Morgan fingerprint density at radius 2 is 1.18 bits per heavy atom. The lowest BCUT2D eigenvalue weighted by Crippen LogP contribution is -2.19. The fourth-order valence-electron chi connectivity index (χ4n) is 0.653. The Kier molecular flexibility index (Phi) is 6.51. The normalized spacial score (nSPS) is 11.5. The maximum Gasteiger partial charge on any atom is -0.0138 e. The van der Waals surface area contributed by atoms with Gasteiger partial charge in [-0.3, -0.25) is 0 Å². The maximum absolute atomic E-state index is 4.37. The highest BCUT2D eigenvalue weighted by Crippen LogP contribution is 1.87. The summed E-state index contributed by atoms with van der Waals surface area (Å²) in [7, 11) is 8.28. The molecule has 0 fully saturated rings. The number of likely N-dealkylation sites (N-methyl/N-ethyl adjacent to an activating group) is 2. The van der Waals surface area contributed by atoms with Gasteiger partial charge in [-0.2, -0.15) is 0 Å². The molecule has 0 saturated carbocycles. The summed E-state index contributed by atoms with van der Waals surface area (Å²) in [6, 6.07) is 0. The summed E-state index contributed by atoms with van der Waals surface area (Å²) >= 11 is 0. The fraction of sp³-hybridized carbons (Fsp3) is 1.00. The SMILES string of the molecule is CN(C)CC[N-]CCN(C)C. The van der Waals surface area contributed by atoms with Crippen LogP contribution in [0.15, 0.2) is 0 Å². The van der Waals surface area contributed by atoms with Crippen LogP contribution < -0.4 is 0 Å². The molecular formula is C8H20N3-. The second-order valence-electron chi connectivity index (χ2n) is 3.28. The smallest absolute Gasteiger partial charge is 0.0138 e. The lowest BCUT2D eigenvalue weighted by Gasteiger charge is -2.23. The number of rotatable bonds is 6. The number of hydrogen-bond acceptors (Lipinski definition) is 2. The summed E-state index contributed by atoms with van der Waals surface area (Å²) in [5.74, 6) is 0. The third-order valence-corrected chi connectivity index (χ3v) is 1.41. The van der Waals surface area contributed by atoms with Crippen molar-refractivity contribution < 1.29 is 0 Å².